The molecule has 0 saturated heterocycles. The molecule has 3 nitrogen and oxygen atoms in total. The largest absolute Gasteiger partial charge is 0.486 e. The minimum absolute atomic E-state index is 0.0181. The van der Waals surface area contributed by atoms with E-state index in [1.807, 2.05) is 30.3 Å². The maximum Gasteiger partial charge on any atom is 0.196 e. The third kappa shape index (κ3) is 2.99. The maximum absolute atomic E-state index is 12.8. The summed E-state index contributed by atoms with van der Waals surface area (Å²) in [6.45, 7) is 5.69. The Morgan fingerprint density at radius 3 is 2.61 bits per heavy atom. The van der Waals surface area contributed by atoms with Crippen LogP contribution in [-0.2, 0) is 4.79 Å². The number of hydrogen-bond acceptors (Lipinski definition) is 4. The number of rotatable bonds is 4. The van der Waals surface area contributed by atoms with Gasteiger partial charge in [-0.05, 0) is 42.7 Å². The lowest BCUT2D eigenvalue weighted by Gasteiger charge is -2.13. The van der Waals surface area contributed by atoms with Gasteiger partial charge in [0.2, 0.25) is 0 Å². The molecular formula is C19H18O3S. The van der Waals surface area contributed by atoms with Crippen molar-refractivity contribution in [2.75, 3.05) is 6.61 Å². The van der Waals surface area contributed by atoms with E-state index in [9.17, 15) is 9.59 Å². The number of carbonyl (C=O) groups excluding carboxylic acids is 1. The zero-order valence-corrected chi connectivity index (χ0v) is 14.2. The first-order valence-electron chi connectivity index (χ1n) is 7.59. The predicted octanol–water partition coefficient (Wildman–Crippen LogP) is 4.51. The van der Waals surface area contributed by atoms with Gasteiger partial charge in [-0.25, -0.2) is 0 Å². The van der Waals surface area contributed by atoms with Crippen molar-refractivity contribution in [3.63, 3.8) is 0 Å². The summed E-state index contributed by atoms with van der Waals surface area (Å²) in [5, 5.41) is 1.39. The first kappa shape index (κ1) is 15.7. The number of ether oxygens (including phenoxy) is 1. The summed E-state index contributed by atoms with van der Waals surface area (Å²) in [5.74, 6) is 0.797. The van der Waals surface area contributed by atoms with Crippen molar-refractivity contribution in [2.24, 2.45) is 0 Å². The number of Topliss-reactive ketones (excluding diaryl/α,β-unsaturated/α-hetero) is 1. The first-order valence-corrected chi connectivity index (χ1v) is 8.40. The van der Waals surface area contributed by atoms with Crippen LogP contribution in [0.25, 0.3) is 20.2 Å². The van der Waals surface area contributed by atoms with E-state index in [1.54, 1.807) is 17.4 Å². The third-order valence-electron chi connectivity index (χ3n) is 3.74. The van der Waals surface area contributed by atoms with Gasteiger partial charge in [-0.2, -0.15) is 0 Å². The van der Waals surface area contributed by atoms with Gasteiger partial charge in [-0.15, -0.1) is 11.3 Å². The minimum atomic E-state index is -0.0418. The van der Waals surface area contributed by atoms with Gasteiger partial charge in [-0.3, -0.25) is 9.59 Å². The van der Waals surface area contributed by atoms with Crippen LogP contribution >= 0.6 is 11.3 Å². The van der Waals surface area contributed by atoms with E-state index >= 15 is 0 Å². The summed E-state index contributed by atoms with van der Waals surface area (Å²) < 4.78 is 7.54. The Morgan fingerprint density at radius 2 is 1.91 bits per heavy atom. The highest BCUT2D eigenvalue weighted by molar-refractivity contribution is 7.24. The molecule has 1 aromatic heterocycles. The van der Waals surface area contributed by atoms with Gasteiger partial charge in [0, 0.05) is 20.2 Å². The van der Waals surface area contributed by atoms with Crippen molar-refractivity contribution < 1.29 is 9.53 Å². The molecule has 0 saturated carbocycles. The molecule has 0 aliphatic heterocycles. The molecule has 0 aliphatic carbocycles. The lowest BCUT2D eigenvalue weighted by Crippen LogP contribution is -2.08. The van der Waals surface area contributed by atoms with Gasteiger partial charge in [0.05, 0.1) is 0 Å². The number of carbonyl (C=O) groups is 1. The average Bonchev–Trinajstić information content (AvgIpc) is 2.52. The Bertz CT molecular complexity index is 954. The van der Waals surface area contributed by atoms with E-state index in [0.717, 1.165) is 20.3 Å². The van der Waals surface area contributed by atoms with E-state index in [1.165, 1.54) is 6.92 Å². The van der Waals surface area contributed by atoms with Gasteiger partial charge in [0.1, 0.15) is 12.4 Å². The highest BCUT2D eigenvalue weighted by atomic mass is 32.1. The molecule has 0 amide bonds. The molecule has 4 heteroatoms. The number of ketones is 1. The Hall–Kier alpha value is -2.20. The molecule has 0 spiro atoms. The van der Waals surface area contributed by atoms with Gasteiger partial charge < -0.3 is 4.74 Å². The lowest BCUT2D eigenvalue weighted by atomic mass is 10.0. The second kappa shape index (κ2) is 6.13. The fourth-order valence-corrected chi connectivity index (χ4v) is 3.91. The van der Waals surface area contributed by atoms with Crippen LogP contribution < -0.4 is 10.2 Å². The van der Waals surface area contributed by atoms with Crippen molar-refractivity contribution in [3.8, 4) is 5.75 Å². The molecule has 3 aromatic rings. The van der Waals surface area contributed by atoms with Crippen molar-refractivity contribution in [1.82, 2.24) is 0 Å². The number of benzene rings is 2. The molecule has 3 rings (SSSR count). The number of hydrogen-bond donors (Lipinski definition) is 0. The molecule has 0 atom stereocenters. The van der Waals surface area contributed by atoms with Crippen LogP contribution in [0.4, 0.5) is 0 Å². The second-order valence-corrected chi connectivity index (χ2v) is 7.01. The Morgan fingerprint density at radius 1 is 1.17 bits per heavy atom. The van der Waals surface area contributed by atoms with Gasteiger partial charge in [0.15, 0.2) is 11.2 Å². The number of fused-ring (bicyclic) bond motifs is 2. The molecule has 118 valence electrons. The Kier molecular flexibility index (Phi) is 4.18. The first-order chi connectivity index (χ1) is 11.0. The summed E-state index contributed by atoms with van der Waals surface area (Å²) in [4.78, 5) is 24.0. The second-order valence-electron chi connectivity index (χ2n) is 5.96. The van der Waals surface area contributed by atoms with Crippen LogP contribution in [0.5, 0.6) is 5.75 Å². The summed E-state index contributed by atoms with van der Waals surface area (Å²) in [6, 6.07) is 11.4. The fourth-order valence-electron chi connectivity index (χ4n) is 2.60. The zero-order valence-electron chi connectivity index (χ0n) is 13.4. The topological polar surface area (TPSA) is 43.4 Å². The summed E-state index contributed by atoms with van der Waals surface area (Å²) in [6.07, 6.45) is 0. The minimum Gasteiger partial charge on any atom is -0.486 e. The summed E-state index contributed by atoms with van der Waals surface area (Å²) >= 11 is 1.63. The smallest absolute Gasteiger partial charge is 0.196 e. The fraction of sp³-hybridized carbons (Fsp3) is 0.263. The van der Waals surface area contributed by atoms with Gasteiger partial charge in [-0.1, -0.05) is 26.0 Å². The average molecular weight is 326 g/mol. The molecule has 1 heterocycles. The highest BCUT2D eigenvalue weighted by Gasteiger charge is 2.14. The molecule has 0 radical (unpaired) electrons. The standard InChI is InChI=1S/C19H18O3S/c1-11(2)15-8-13(22-10-12(3)20)9-16-18(21)14-6-4-5-7-17(14)23-19(15)16/h4-9,11H,10H2,1-3H3. The normalized spacial score (nSPS) is 11.3. The quantitative estimate of drug-likeness (QED) is 0.663. The lowest BCUT2D eigenvalue weighted by molar-refractivity contribution is -0.118. The van der Waals surface area contributed by atoms with Crippen molar-refractivity contribution >= 4 is 37.3 Å². The van der Waals surface area contributed by atoms with Crippen LogP contribution in [0.3, 0.4) is 0 Å². The molecule has 0 unspecified atom stereocenters. The van der Waals surface area contributed by atoms with E-state index in [4.69, 9.17) is 4.74 Å². The van der Waals surface area contributed by atoms with Crippen LogP contribution in [0.15, 0.2) is 41.2 Å². The molecule has 2 aromatic carbocycles. The molecule has 0 aliphatic rings. The predicted molar refractivity (Wildman–Crippen MR) is 95.9 cm³/mol. The van der Waals surface area contributed by atoms with E-state index in [0.29, 0.717) is 11.1 Å². The zero-order chi connectivity index (χ0) is 16.6. The Labute approximate surface area is 138 Å². The van der Waals surface area contributed by atoms with E-state index in [2.05, 4.69) is 13.8 Å². The molecule has 0 bridgehead atoms. The van der Waals surface area contributed by atoms with Crippen LogP contribution in [0.1, 0.15) is 32.3 Å². The summed E-state index contributed by atoms with van der Waals surface area (Å²) in [7, 11) is 0. The third-order valence-corrected chi connectivity index (χ3v) is 4.98. The summed E-state index contributed by atoms with van der Waals surface area (Å²) in [5.41, 5.74) is 1.10. The molecular weight excluding hydrogens is 308 g/mol. The molecule has 0 N–H and O–H groups in total. The van der Waals surface area contributed by atoms with Crippen molar-refractivity contribution in [2.45, 2.75) is 26.7 Å². The molecule has 23 heavy (non-hydrogen) atoms. The van der Waals surface area contributed by atoms with Gasteiger partial charge >= 0.3 is 0 Å². The highest BCUT2D eigenvalue weighted by Crippen LogP contribution is 2.34. The van der Waals surface area contributed by atoms with Crippen LogP contribution in [0.2, 0.25) is 0 Å². The SMILES string of the molecule is CC(=O)COc1cc(C(C)C)c2sc3ccccc3c(=O)c2c1. The van der Waals surface area contributed by atoms with Crippen LogP contribution in [0, 0.1) is 0 Å². The van der Waals surface area contributed by atoms with E-state index in [-0.39, 0.29) is 23.7 Å². The Balaban J connectivity index is 2.31. The van der Waals surface area contributed by atoms with Crippen molar-refractivity contribution in [1.29, 1.82) is 0 Å². The van der Waals surface area contributed by atoms with Crippen LogP contribution in [-0.4, -0.2) is 12.4 Å². The van der Waals surface area contributed by atoms with E-state index < -0.39 is 0 Å². The molecule has 0 fully saturated rings. The van der Waals surface area contributed by atoms with Gasteiger partial charge in [0.25, 0.3) is 0 Å². The monoisotopic (exact) mass is 326 g/mol. The van der Waals surface area contributed by atoms with Crippen molar-refractivity contribution in [3.05, 3.63) is 52.2 Å². The maximum atomic E-state index is 12.8.